The monoisotopic (exact) mass is 328 g/mol. The van der Waals surface area contributed by atoms with Gasteiger partial charge in [0.15, 0.2) is 0 Å². The summed E-state index contributed by atoms with van der Waals surface area (Å²) in [5.41, 5.74) is -0.253. The van der Waals surface area contributed by atoms with E-state index in [9.17, 15) is 18.3 Å². The summed E-state index contributed by atoms with van der Waals surface area (Å²) < 4.78 is 43.3. The number of nitrogens with zero attached hydrogens (tertiary/aromatic N) is 4. The van der Waals surface area contributed by atoms with Crippen molar-refractivity contribution in [3.8, 4) is 0 Å². The molecule has 1 aliphatic heterocycles. The standard InChI is InChI=1S/C14H15F3N4O2/c1-8-4-10(23-20-8)5-9-6-21(7-11(9)22)13-18-3-2-12(19-13)14(15,16)17/h2-4,9,11,22H,5-7H2,1H3/t9-,11-/m1/s1. The first-order valence-corrected chi connectivity index (χ1v) is 7.08. The fourth-order valence-electron chi connectivity index (χ4n) is 2.65. The minimum Gasteiger partial charge on any atom is -0.391 e. The summed E-state index contributed by atoms with van der Waals surface area (Å²) in [6.45, 7) is 2.32. The minimum absolute atomic E-state index is 0.0323. The van der Waals surface area contributed by atoms with E-state index in [0.717, 1.165) is 18.0 Å². The highest BCUT2D eigenvalue weighted by molar-refractivity contribution is 5.34. The largest absolute Gasteiger partial charge is 0.433 e. The molecule has 1 N–H and O–H groups in total. The first kappa shape index (κ1) is 15.7. The van der Waals surface area contributed by atoms with E-state index in [-0.39, 0.29) is 18.4 Å². The third-order valence-corrected chi connectivity index (χ3v) is 3.76. The van der Waals surface area contributed by atoms with Gasteiger partial charge in [-0.3, -0.25) is 0 Å². The Hall–Kier alpha value is -2.16. The zero-order chi connectivity index (χ0) is 16.6. The molecule has 0 amide bonds. The molecule has 0 aromatic carbocycles. The third kappa shape index (κ3) is 3.44. The molecule has 0 spiro atoms. The van der Waals surface area contributed by atoms with Crippen molar-refractivity contribution >= 4 is 5.95 Å². The smallest absolute Gasteiger partial charge is 0.391 e. The molecule has 9 heteroatoms. The summed E-state index contributed by atoms with van der Waals surface area (Å²) in [4.78, 5) is 8.98. The van der Waals surface area contributed by atoms with Crippen molar-refractivity contribution in [2.75, 3.05) is 18.0 Å². The average Bonchev–Trinajstić information content (AvgIpc) is 3.05. The molecule has 2 atom stereocenters. The molecule has 1 aliphatic rings. The predicted molar refractivity (Wildman–Crippen MR) is 73.7 cm³/mol. The lowest BCUT2D eigenvalue weighted by Crippen LogP contribution is -2.24. The van der Waals surface area contributed by atoms with Crippen LogP contribution in [0.2, 0.25) is 0 Å². The number of aliphatic hydroxyl groups is 1. The molecule has 124 valence electrons. The van der Waals surface area contributed by atoms with Crippen molar-refractivity contribution in [3.05, 3.63) is 35.5 Å². The van der Waals surface area contributed by atoms with Crippen LogP contribution < -0.4 is 4.90 Å². The molecule has 0 radical (unpaired) electrons. The fourth-order valence-corrected chi connectivity index (χ4v) is 2.65. The van der Waals surface area contributed by atoms with Gasteiger partial charge in [-0.1, -0.05) is 5.16 Å². The summed E-state index contributed by atoms with van der Waals surface area (Å²) in [6, 6.07) is 2.60. The van der Waals surface area contributed by atoms with Crippen molar-refractivity contribution in [3.63, 3.8) is 0 Å². The minimum atomic E-state index is -4.52. The average molecular weight is 328 g/mol. The summed E-state index contributed by atoms with van der Waals surface area (Å²) >= 11 is 0. The van der Waals surface area contributed by atoms with Crippen molar-refractivity contribution in [2.24, 2.45) is 5.92 Å². The lowest BCUT2D eigenvalue weighted by Gasteiger charge is -2.16. The molecule has 1 saturated heterocycles. The molecule has 2 aromatic rings. The Balaban J connectivity index is 1.73. The molecule has 0 unspecified atom stereocenters. The van der Waals surface area contributed by atoms with E-state index < -0.39 is 18.0 Å². The topological polar surface area (TPSA) is 75.3 Å². The highest BCUT2D eigenvalue weighted by atomic mass is 19.4. The van der Waals surface area contributed by atoms with Crippen molar-refractivity contribution in [1.82, 2.24) is 15.1 Å². The molecule has 1 fully saturated rings. The molecule has 23 heavy (non-hydrogen) atoms. The van der Waals surface area contributed by atoms with Gasteiger partial charge in [0.25, 0.3) is 0 Å². The molecular formula is C14H15F3N4O2. The summed E-state index contributed by atoms with van der Waals surface area (Å²) in [5, 5.41) is 13.9. The molecule has 2 aromatic heterocycles. The number of anilines is 1. The zero-order valence-electron chi connectivity index (χ0n) is 12.3. The highest BCUT2D eigenvalue weighted by Gasteiger charge is 2.36. The lowest BCUT2D eigenvalue weighted by atomic mass is 10.0. The number of aryl methyl sites for hydroxylation is 1. The van der Waals surface area contributed by atoms with Gasteiger partial charge in [-0.15, -0.1) is 0 Å². The van der Waals surface area contributed by atoms with E-state index in [2.05, 4.69) is 15.1 Å². The highest BCUT2D eigenvalue weighted by Crippen LogP contribution is 2.30. The van der Waals surface area contributed by atoms with Crippen LogP contribution in [0.15, 0.2) is 22.9 Å². The van der Waals surface area contributed by atoms with E-state index in [0.29, 0.717) is 18.7 Å². The van der Waals surface area contributed by atoms with Gasteiger partial charge in [-0.2, -0.15) is 13.2 Å². The van der Waals surface area contributed by atoms with Crippen molar-refractivity contribution < 1.29 is 22.8 Å². The zero-order valence-corrected chi connectivity index (χ0v) is 12.3. The van der Waals surface area contributed by atoms with Crippen molar-refractivity contribution in [1.29, 1.82) is 0 Å². The van der Waals surface area contributed by atoms with E-state index in [1.165, 1.54) is 0 Å². The van der Waals surface area contributed by atoms with Gasteiger partial charge in [0, 0.05) is 37.7 Å². The maximum Gasteiger partial charge on any atom is 0.433 e. The third-order valence-electron chi connectivity index (χ3n) is 3.76. The van der Waals surface area contributed by atoms with Crippen LogP contribution in [0.1, 0.15) is 17.1 Å². The molecule has 0 saturated carbocycles. The van der Waals surface area contributed by atoms with Gasteiger partial charge in [0.2, 0.25) is 5.95 Å². The molecule has 3 rings (SSSR count). The number of aliphatic hydroxyl groups excluding tert-OH is 1. The Morgan fingerprint density at radius 1 is 1.39 bits per heavy atom. The first-order chi connectivity index (χ1) is 10.8. The number of hydrogen-bond donors (Lipinski definition) is 1. The quantitative estimate of drug-likeness (QED) is 0.926. The molecular weight excluding hydrogens is 313 g/mol. The number of β-amino-alcohol motifs (C(OH)–C–C–N with tert-alkyl or cyclic N) is 1. The first-order valence-electron chi connectivity index (χ1n) is 7.08. The Morgan fingerprint density at radius 2 is 2.17 bits per heavy atom. The van der Waals surface area contributed by atoms with Gasteiger partial charge in [-0.25, -0.2) is 9.97 Å². The maximum atomic E-state index is 12.7. The lowest BCUT2D eigenvalue weighted by molar-refractivity contribution is -0.141. The Bertz CT molecular complexity index is 689. The second-order valence-electron chi connectivity index (χ2n) is 5.61. The SMILES string of the molecule is Cc1cc(C[C@@H]2CN(c3nccc(C(F)(F)F)n3)C[C@H]2O)on1. The number of hydrogen-bond acceptors (Lipinski definition) is 6. The van der Waals surface area contributed by atoms with Crippen LogP contribution in [-0.2, 0) is 12.6 Å². The maximum absolute atomic E-state index is 12.7. The van der Waals surface area contributed by atoms with E-state index in [4.69, 9.17) is 4.52 Å². The van der Waals surface area contributed by atoms with Gasteiger partial charge in [0.05, 0.1) is 11.8 Å². The number of halogens is 3. The van der Waals surface area contributed by atoms with Gasteiger partial charge >= 0.3 is 6.18 Å². The number of rotatable bonds is 3. The summed E-state index contributed by atoms with van der Waals surface area (Å²) in [7, 11) is 0. The van der Waals surface area contributed by atoms with Crippen LogP contribution in [0.25, 0.3) is 0 Å². The van der Waals surface area contributed by atoms with E-state index in [1.807, 2.05) is 0 Å². The second kappa shape index (κ2) is 5.80. The van der Waals surface area contributed by atoms with Crippen LogP contribution in [0, 0.1) is 12.8 Å². The van der Waals surface area contributed by atoms with Crippen LogP contribution >= 0.6 is 0 Å². The van der Waals surface area contributed by atoms with E-state index in [1.54, 1.807) is 17.9 Å². The Morgan fingerprint density at radius 3 is 2.83 bits per heavy atom. The van der Waals surface area contributed by atoms with Crippen LogP contribution in [-0.4, -0.2) is 39.4 Å². The molecule has 3 heterocycles. The summed E-state index contributed by atoms with van der Waals surface area (Å²) in [5.74, 6) is 0.425. The fraction of sp³-hybridized carbons (Fsp3) is 0.500. The Kier molecular flexibility index (Phi) is 3.97. The van der Waals surface area contributed by atoms with Crippen LogP contribution in [0.5, 0.6) is 0 Å². The predicted octanol–water partition coefficient (Wildman–Crippen LogP) is 1.83. The van der Waals surface area contributed by atoms with Crippen molar-refractivity contribution in [2.45, 2.75) is 25.6 Å². The molecule has 0 aliphatic carbocycles. The number of alkyl halides is 3. The van der Waals surface area contributed by atoms with Crippen LogP contribution in [0.4, 0.5) is 19.1 Å². The summed E-state index contributed by atoms with van der Waals surface area (Å²) in [6.07, 6.45) is -3.69. The van der Waals surface area contributed by atoms with Crippen LogP contribution in [0.3, 0.4) is 0 Å². The second-order valence-corrected chi connectivity index (χ2v) is 5.61. The van der Waals surface area contributed by atoms with E-state index >= 15 is 0 Å². The molecule has 0 bridgehead atoms. The Labute approximate surface area is 129 Å². The number of aromatic nitrogens is 3. The van der Waals surface area contributed by atoms with Gasteiger partial charge in [0.1, 0.15) is 11.5 Å². The normalized spacial score (nSPS) is 21.9. The molecule has 6 nitrogen and oxygen atoms in total. The van der Waals surface area contributed by atoms with Gasteiger partial charge in [-0.05, 0) is 13.0 Å². The van der Waals surface area contributed by atoms with Gasteiger partial charge < -0.3 is 14.5 Å².